The quantitative estimate of drug-likeness (QED) is 0.483. The second-order valence-corrected chi connectivity index (χ2v) is 7.24. The summed E-state index contributed by atoms with van der Waals surface area (Å²) in [5.41, 5.74) is 0.590. The van der Waals surface area contributed by atoms with Crippen LogP contribution in [0.25, 0.3) is 0 Å². The fraction of sp³-hybridized carbons (Fsp3) is 0.143. The zero-order chi connectivity index (χ0) is 22.0. The van der Waals surface area contributed by atoms with Gasteiger partial charge in [0.1, 0.15) is 11.6 Å². The average molecular weight is 440 g/mol. The fourth-order valence-electron chi connectivity index (χ4n) is 3.33. The number of hydrogen-bond donors (Lipinski definition) is 4. The van der Waals surface area contributed by atoms with Crippen molar-refractivity contribution >= 4 is 46.6 Å². The Morgan fingerprint density at radius 3 is 2.77 bits per heavy atom. The molecule has 1 aliphatic rings. The van der Waals surface area contributed by atoms with Crippen LogP contribution in [0.5, 0.6) is 5.75 Å². The molecule has 158 valence electrons. The van der Waals surface area contributed by atoms with Crippen molar-refractivity contribution in [3.05, 3.63) is 69.5 Å². The first-order valence-electron chi connectivity index (χ1n) is 9.35. The summed E-state index contributed by atoms with van der Waals surface area (Å²) in [6.45, 7) is 0. The van der Waals surface area contributed by atoms with E-state index in [4.69, 9.17) is 16.3 Å². The molecule has 9 nitrogen and oxygen atoms in total. The number of hydrogen-bond acceptors (Lipinski definition) is 6. The third kappa shape index (κ3) is 4.36. The van der Waals surface area contributed by atoms with E-state index in [2.05, 4.69) is 25.9 Å². The van der Waals surface area contributed by atoms with Gasteiger partial charge in [0.25, 0.3) is 5.56 Å². The molecule has 1 unspecified atom stereocenters. The number of amides is 2. The van der Waals surface area contributed by atoms with Gasteiger partial charge in [-0.3, -0.25) is 19.4 Å². The van der Waals surface area contributed by atoms with Gasteiger partial charge in [0, 0.05) is 17.1 Å². The van der Waals surface area contributed by atoms with E-state index in [0.717, 1.165) is 0 Å². The highest BCUT2D eigenvalue weighted by atomic mass is 35.5. The number of benzene rings is 2. The maximum atomic E-state index is 13.0. The number of methoxy groups -OCH3 is 1. The molecule has 1 atom stereocenters. The Labute approximate surface area is 181 Å². The van der Waals surface area contributed by atoms with Gasteiger partial charge in [-0.1, -0.05) is 29.8 Å². The normalized spacial score (nSPS) is 14.9. The molecule has 0 bridgehead atoms. The van der Waals surface area contributed by atoms with E-state index in [1.54, 1.807) is 48.5 Å². The first-order chi connectivity index (χ1) is 14.9. The molecule has 4 N–H and O–H groups in total. The van der Waals surface area contributed by atoms with Gasteiger partial charge >= 0.3 is 0 Å². The van der Waals surface area contributed by atoms with Crippen LogP contribution < -0.4 is 26.2 Å². The SMILES string of the molecule is COc1ccccc1NC(=O)C1CC(=O)Nc2nc(Nc3cccc(Cl)c3)[nH]c(=O)c21. The molecule has 0 aliphatic carbocycles. The van der Waals surface area contributed by atoms with E-state index < -0.39 is 23.3 Å². The molecule has 0 saturated carbocycles. The van der Waals surface area contributed by atoms with Crippen molar-refractivity contribution in [1.29, 1.82) is 0 Å². The maximum absolute atomic E-state index is 13.0. The van der Waals surface area contributed by atoms with Crippen LogP contribution in [0.1, 0.15) is 17.9 Å². The standard InChI is InChI=1S/C21H18ClN5O4/c1-31-15-8-3-2-7-14(15)24-19(29)13-10-16(28)25-18-17(13)20(30)27-21(26-18)23-12-6-4-5-11(22)9-12/h2-9,13H,10H2,1H3,(H,24,29)(H3,23,25,26,27,28,30). The first-order valence-corrected chi connectivity index (χ1v) is 9.73. The van der Waals surface area contributed by atoms with E-state index in [0.29, 0.717) is 22.1 Å². The number of rotatable bonds is 5. The third-order valence-electron chi connectivity index (χ3n) is 4.72. The summed E-state index contributed by atoms with van der Waals surface area (Å²) < 4.78 is 5.24. The fourth-order valence-corrected chi connectivity index (χ4v) is 3.52. The average Bonchev–Trinajstić information content (AvgIpc) is 2.73. The minimum Gasteiger partial charge on any atom is -0.495 e. The lowest BCUT2D eigenvalue weighted by atomic mass is 9.92. The summed E-state index contributed by atoms with van der Waals surface area (Å²) >= 11 is 5.98. The molecule has 0 spiro atoms. The van der Waals surface area contributed by atoms with Crippen LogP contribution in [0.3, 0.4) is 0 Å². The Hall–Kier alpha value is -3.85. The molecule has 4 rings (SSSR count). The summed E-state index contributed by atoms with van der Waals surface area (Å²) in [5, 5.41) is 8.73. The van der Waals surface area contributed by atoms with Gasteiger partial charge in [-0.2, -0.15) is 4.98 Å². The predicted octanol–water partition coefficient (Wildman–Crippen LogP) is 3.24. The highest BCUT2D eigenvalue weighted by molar-refractivity contribution is 6.30. The molecular weight excluding hydrogens is 422 g/mol. The number of ether oxygens (including phenoxy) is 1. The lowest BCUT2D eigenvalue weighted by molar-refractivity contribution is -0.123. The molecule has 0 radical (unpaired) electrons. The van der Waals surface area contributed by atoms with Crippen molar-refractivity contribution in [2.75, 3.05) is 23.1 Å². The van der Waals surface area contributed by atoms with Gasteiger partial charge in [0.05, 0.1) is 24.3 Å². The van der Waals surface area contributed by atoms with Crippen molar-refractivity contribution in [3.63, 3.8) is 0 Å². The molecule has 10 heteroatoms. The molecule has 0 saturated heterocycles. The van der Waals surface area contributed by atoms with Gasteiger partial charge in [-0.15, -0.1) is 0 Å². The van der Waals surface area contributed by atoms with Crippen LogP contribution >= 0.6 is 11.6 Å². The smallest absolute Gasteiger partial charge is 0.258 e. The summed E-state index contributed by atoms with van der Waals surface area (Å²) in [6, 6.07) is 13.7. The zero-order valence-electron chi connectivity index (χ0n) is 16.4. The van der Waals surface area contributed by atoms with Gasteiger partial charge in [-0.25, -0.2) is 0 Å². The Balaban J connectivity index is 1.65. The van der Waals surface area contributed by atoms with Crippen LogP contribution in [0, 0.1) is 0 Å². The molecule has 1 aliphatic heterocycles. The molecular formula is C21H18ClN5O4. The van der Waals surface area contributed by atoms with Gasteiger partial charge in [-0.05, 0) is 30.3 Å². The highest BCUT2D eigenvalue weighted by Gasteiger charge is 2.35. The Bertz CT molecular complexity index is 1230. The summed E-state index contributed by atoms with van der Waals surface area (Å²) in [5.74, 6) is -1.33. The zero-order valence-corrected chi connectivity index (χ0v) is 17.1. The molecule has 0 fully saturated rings. The van der Waals surface area contributed by atoms with Gasteiger partial charge in [0.2, 0.25) is 17.8 Å². The number of H-pyrrole nitrogens is 1. The van der Waals surface area contributed by atoms with Crippen LogP contribution in [0.2, 0.25) is 5.02 Å². The van der Waals surface area contributed by atoms with Crippen LogP contribution in [0.4, 0.5) is 23.1 Å². The summed E-state index contributed by atoms with van der Waals surface area (Å²) in [7, 11) is 1.48. The number of anilines is 4. The van der Waals surface area contributed by atoms with Crippen molar-refractivity contribution < 1.29 is 14.3 Å². The number of fused-ring (bicyclic) bond motifs is 1. The summed E-state index contributed by atoms with van der Waals surface area (Å²) in [4.78, 5) is 44.9. The lowest BCUT2D eigenvalue weighted by Crippen LogP contribution is -2.36. The van der Waals surface area contributed by atoms with Crippen LogP contribution in [0.15, 0.2) is 53.3 Å². The van der Waals surface area contributed by atoms with Crippen molar-refractivity contribution in [2.45, 2.75) is 12.3 Å². The van der Waals surface area contributed by atoms with Crippen molar-refractivity contribution in [2.24, 2.45) is 0 Å². The number of para-hydroxylation sites is 2. The number of carbonyl (C=O) groups is 2. The first kappa shape index (κ1) is 20.4. The van der Waals surface area contributed by atoms with Crippen LogP contribution in [-0.4, -0.2) is 28.9 Å². The Kier molecular flexibility index (Phi) is 5.59. The third-order valence-corrected chi connectivity index (χ3v) is 4.95. The van der Waals surface area contributed by atoms with Crippen molar-refractivity contribution in [3.8, 4) is 5.75 Å². The van der Waals surface area contributed by atoms with E-state index in [1.807, 2.05) is 0 Å². The van der Waals surface area contributed by atoms with E-state index in [9.17, 15) is 14.4 Å². The predicted molar refractivity (Wildman–Crippen MR) is 117 cm³/mol. The number of carbonyl (C=O) groups excluding carboxylic acids is 2. The largest absolute Gasteiger partial charge is 0.495 e. The molecule has 31 heavy (non-hydrogen) atoms. The number of aromatic amines is 1. The van der Waals surface area contributed by atoms with E-state index in [-0.39, 0.29) is 23.8 Å². The Morgan fingerprint density at radius 2 is 2.00 bits per heavy atom. The number of nitrogens with zero attached hydrogens (tertiary/aromatic N) is 1. The monoisotopic (exact) mass is 439 g/mol. The van der Waals surface area contributed by atoms with Gasteiger partial charge < -0.3 is 20.7 Å². The maximum Gasteiger partial charge on any atom is 0.258 e. The molecule has 2 aromatic carbocycles. The lowest BCUT2D eigenvalue weighted by Gasteiger charge is -2.24. The second-order valence-electron chi connectivity index (χ2n) is 6.81. The summed E-state index contributed by atoms with van der Waals surface area (Å²) in [6.07, 6.45) is -0.181. The number of aromatic nitrogens is 2. The highest BCUT2D eigenvalue weighted by Crippen LogP contribution is 2.32. The molecule has 1 aromatic heterocycles. The van der Waals surface area contributed by atoms with E-state index >= 15 is 0 Å². The van der Waals surface area contributed by atoms with Crippen molar-refractivity contribution in [1.82, 2.24) is 9.97 Å². The van der Waals surface area contributed by atoms with E-state index in [1.165, 1.54) is 7.11 Å². The topological polar surface area (TPSA) is 125 Å². The molecule has 2 amide bonds. The number of nitrogens with one attached hydrogen (secondary N) is 4. The Morgan fingerprint density at radius 1 is 1.19 bits per heavy atom. The molecule has 3 aromatic rings. The second kappa shape index (κ2) is 8.49. The van der Waals surface area contributed by atoms with Gasteiger partial charge in [0.15, 0.2) is 0 Å². The van der Waals surface area contributed by atoms with Crippen LogP contribution in [-0.2, 0) is 9.59 Å². The minimum absolute atomic E-state index is 0.0321. The minimum atomic E-state index is -1.01. The molecule has 2 heterocycles. The number of halogens is 1.